The second kappa shape index (κ2) is 8.47. The first-order chi connectivity index (χ1) is 16.6. The third kappa shape index (κ3) is 3.91. The van der Waals surface area contributed by atoms with Crippen molar-refractivity contribution >= 4 is 17.5 Å². The van der Waals surface area contributed by atoms with E-state index < -0.39 is 17.4 Å². The van der Waals surface area contributed by atoms with E-state index in [1.165, 1.54) is 0 Å². The molecule has 11 heteroatoms. The molecule has 0 aliphatic carbocycles. The van der Waals surface area contributed by atoms with Crippen molar-refractivity contribution in [3.63, 3.8) is 0 Å². The smallest absolute Gasteiger partial charge is 0.320 e. The van der Waals surface area contributed by atoms with Crippen LogP contribution in [0.5, 0.6) is 5.75 Å². The van der Waals surface area contributed by atoms with Gasteiger partial charge in [-0.05, 0) is 32.4 Å². The fourth-order valence-electron chi connectivity index (χ4n) is 5.46. The molecule has 2 fully saturated rings. The van der Waals surface area contributed by atoms with Crippen LogP contribution in [0.15, 0.2) is 18.2 Å². The van der Waals surface area contributed by atoms with E-state index in [4.69, 9.17) is 0 Å². The maximum absolute atomic E-state index is 14.0. The third-order valence-corrected chi connectivity index (χ3v) is 7.56. The molecule has 3 aliphatic heterocycles. The van der Waals surface area contributed by atoms with Crippen molar-refractivity contribution in [1.82, 2.24) is 25.3 Å². The molecular formula is C24H31F2N7O2. The summed E-state index contributed by atoms with van der Waals surface area (Å²) in [6.07, 6.45) is 0.770. The SMILES string of the molecule is CCC12CNc3nnc(-c4cc(F)cc(F)c4O)cc3N1CCN(C(=O)N1CCNCC1(C)C)C2. The van der Waals surface area contributed by atoms with E-state index in [1.54, 1.807) is 6.07 Å². The highest BCUT2D eigenvalue weighted by atomic mass is 19.1. The number of hydrogen-bond donors (Lipinski definition) is 3. The lowest BCUT2D eigenvalue weighted by Gasteiger charge is -2.55. The summed E-state index contributed by atoms with van der Waals surface area (Å²) >= 11 is 0. The molecule has 3 N–H and O–H groups in total. The van der Waals surface area contributed by atoms with Crippen LogP contribution in [0.2, 0.25) is 0 Å². The van der Waals surface area contributed by atoms with Crippen LogP contribution in [0.3, 0.4) is 0 Å². The van der Waals surface area contributed by atoms with Crippen LogP contribution in [0.4, 0.5) is 25.1 Å². The highest BCUT2D eigenvalue weighted by Crippen LogP contribution is 2.42. The van der Waals surface area contributed by atoms with Crippen LogP contribution < -0.4 is 15.5 Å². The number of amides is 2. The van der Waals surface area contributed by atoms with Gasteiger partial charge in [0.2, 0.25) is 0 Å². The van der Waals surface area contributed by atoms with E-state index in [-0.39, 0.29) is 28.4 Å². The Balaban J connectivity index is 1.46. The number of aromatic nitrogens is 2. The van der Waals surface area contributed by atoms with Gasteiger partial charge in [-0.15, -0.1) is 10.2 Å². The summed E-state index contributed by atoms with van der Waals surface area (Å²) in [5.41, 5.74) is 0.210. The van der Waals surface area contributed by atoms with Crippen molar-refractivity contribution in [3.8, 4) is 17.0 Å². The molecule has 0 spiro atoms. The Bertz CT molecular complexity index is 1160. The van der Waals surface area contributed by atoms with E-state index in [1.807, 2.05) is 9.80 Å². The van der Waals surface area contributed by atoms with Gasteiger partial charge in [0.05, 0.1) is 22.5 Å². The highest BCUT2D eigenvalue weighted by Gasteiger charge is 2.47. The summed E-state index contributed by atoms with van der Waals surface area (Å²) in [6.45, 7) is 10.7. The minimum atomic E-state index is -1.05. The van der Waals surface area contributed by atoms with Crippen molar-refractivity contribution in [2.24, 2.45) is 0 Å². The number of carbonyl (C=O) groups is 1. The number of urea groups is 1. The van der Waals surface area contributed by atoms with Crippen molar-refractivity contribution in [1.29, 1.82) is 0 Å². The largest absolute Gasteiger partial charge is 0.504 e. The first-order valence-electron chi connectivity index (χ1n) is 12.0. The predicted molar refractivity (Wildman–Crippen MR) is 129 cm³/mol. The van der Waals surface area contributed by atoms with E-state index in [2.05, 4.69) is 46.5 Å². The van der Waals surface area contributed by atoms with Crippen LogP contribution in [-0.4, -0.2) is 88.0 Å². The van der Waals surface area contributed by atoms with Gasteiger partial charge >= 0.3 is 6.03 Å². The summed E-state index contributed by atoms with van der Waals surface area (Å²) < 4.78 is 27.8. The second-order valence-corrected chi connectivity index (χ2v) is 10.2. The van der Waals surface area contributed by atoms with E-state index in [0.717, 1.165) is 31.3 Å². The van der Waals surface area contributed by atoms with Gasteiger partial charge in [-0.25, -0.2) is 13.6 Å². The minimum absolute atomic E-state index is 0.0449. The summed E-state index contributed by atoms with van der Waals surface area (Å²) in [4.78, 5) is 19.7. The molecule has 2 saturated heterocycles. The standard InChI is InChI=1S/C24H31F2N7O2/c1-4-24-13-28-21-19(11-18(29-30-21)16-9-15(25)10-17(26)20(16)34)32(24)8-7-31(14-24)22(35)33-6-5-27-12-23(33,2)3/h9-11,27,34H,4-8,12-14H2,1-3H3,(H,28,30). The number of aromatic hydroxyl groups is 1. The molecule has 1 unspecified atom stereocenters. The van der Waals surface area contributed by atoms with E-state index in [9.17, 15) is 18.7 Å². The molecule has 2 aromatic rings. The number of halogens is 2. The van der Waals surface area contributed by atoms with Crippen molar-refractivity contribution in [2.75, 3.05) is 56.0 Å². The van der Waals surface area contributed by atoms with Crippen LogP contribution in [0.1, 0.15) is 27.2 Å². The normalized spacial score (nSPS) is 23.4. The molecule has 9 nitrogen and oxygen atoms in total. The lowest BCUT2D eigenvalue weighted by Crippen LogP contribution is -2.70. The Labute approximate surface area is 203 Å². The van der Waals surface area contributed by atoms with Crippen LogP contribution in [-0.2, 0) is 0 Å². The van der Waals surface area contributed by atoms with Gasteiger partial charge < -0.3 is 30.4 Å². The van der Waals surface area contributed by atoms with Crippen LogP contribution in [0, 0.1) is 11.6 Å². The van der Waals surface area contributed by atoms with Gasteiger partial charge in [-0.2, -0.15) is 0 Å². The summed E-state index contributed by atoms with van der Waals surface area (Å²) in [5, 5.41) is 25.2. The number of nitrogens with one attached hydrogen (secondary N) is 2. The molecule has 35 heavy (non-hydrogen) atoms. The Morgan fingerprint density at radius 3 is 2.69 bits per heavy atom. The topological polar surface area (TPSA) is 96.9 Å². The molecule has 0 radical (unpaired) electrons. The molecule has 1 aromatic carbocycles. The zero-order valence-corrected chi connectivity index (χ0v) is 20.2. The van der Waals surface area contributed by atoms with Crippen molar-refractivity contribution < 1.29 is 18.7 Å². The Morgan fingerprint density at radius 1 is 1.14 bits per heavy atom. The van der Waals surface area contributed by atoms with Crippen molar-refractivity contribution in [3.05, 3.63) is 29.8 Å². The first-order valence-corrected chi connectivity index (χ1v) is 12.0. The third-order valence-electron chi connectivity index (χ3n) is 7.56. The van der Waals surface area contributed by atoms with Crippen LogP contribution >= 0.6 is 0 Å². The Kier molecular flexibility index (Phi) is 5.70. The number of benzene rings is 1. The molecular weight excluding hydrogens is 456 g/mol. The van der Waals surface area contributed by atoms with E-state index >= 15 is 0 Å². The second-order valence-electron chi connectivity index (χ2n) is 10.2. The number of phenolic OH excluding ortho intramolecular Hbond substituents is 1. The average Bonchev–Trinajstić information content (AvgIpc) is 2.84. The molecule has 1 aromatic heterocycles. The molecule has 1 atom stereocenters. The molecule has 2 amide bonds. The lowest BCUT2D eigenvalue weighted by atomic mass is 9.87. The number of piperazine rings is 2. The summed E-state index contributed by atoms with van der Waals surface area (Å²) in [5.74, 6) is -1.96. The lowest BCUT2D eigenvalue weighted by molar-refractivity contribution is 0.0717. The van der Waals surface area contributed by atoms with Gasteiger partial charge in [-0.1, -0.05) is 6.92 Å². The van der Waals surface area contributed by atoms with E-state index in [0.29, 0.717) is 44.6 Å². The van der Waals surface area contributed by atoms with Crippen molar-refractivity contribution in [2.45, 2.75) is 38.3 Å². The fourth-order valence-corrected chi connectivity index (χ4v) is 5.46. The number of nitrogens with zero attached hydrogens (tertiary/aromatic N) is 5. The van der Waals surface area contributed by atoms with Gasteiger partial charge in [0, 0.05) is 57.4 Å². The summed E-state index contributed by atoms with van der Waals surface area (Å²) in [7, 11) is 0. The monoisotopic (exact) mass is 487 g/mol. The number of anilines is 2. The maximum Gasteiger partial charge on any atom is 0.320 e. The molecule has 5 rings (SSSR count). The molecule has 4 heterocycles. The fraction of sp³-hybridized carbons (Fsp3) is 0.542. The predicted octanol–water partition coefficient (Wildman–Crippen LogP) is 2.63. The van der Waals surface area contributed by atoms with Gasteiger partial charge in [-0.3, -0.25) is 0 Å². The van der Waals surface area contributed by atoms with Gasteiger partial charge in [0.25, 0.3) is 0 Å². The average molecular weight is 488 g/mol. The Morgan fingerprint density at radius 2 is 1.94 bits per heavy atom. The molecule has 188 valence electrons. The first kappa shape index (κ1) is 23.5. The number of hydrogen-bond acceptors (Lipinski definition) is 7. The van der Waals surface area contributed by atoms with Crippen LogP contribution in [0.25, 0.3) is 11.3 Å². The summed E-state index contributed by atoms with van der Waals surface area (Å²) in [6, 6.07) is 3.42. The quantitative estimate of drug-likeness (QED) is 0.599. The number of fused-ring (bicyclic) bond motifs is 3. The molecule has 0 saturated carbocycles. The number of phenols is 1. The molecule has 0 bridgehead atoms. The number of rotatable bonds is 2. The zero-order chi connectivity index (χ0) is 25.0. The zero-order valence-electron chi connectivity index (χ0n) is 20.2. The number of carbonyl (C=O) groups excluding carboxylic acids is 1. The maximum atomic E-state index is 14.0. The Hall–Kier alpha value is -3.21. The highest BCUT2D eigenvalue weighted by molar-refractivity contribution is 5.79. The van der Waals surface area contributed by atoms with Gasteiger partial charge in [0.15, 0.2) is 17.4 Å². The molecule has 3 aliphatic rings. The van der Waals surface area contributed by atoms with Gasteiger partial charge in [0.1, 0.15) is 5.82 Å². The minimum Gasteiger partial charge on any atom is -0.504 e.